The minimum Gasteiger partial charge on any atom is -0.392 e. The van der Waals surface area contributed by atoms with Crippen LogP contribution in [0.2, 0.25) is 0 Å². The molecule has 1 amide bonds. The zero-order valence-electron chi connectivity index (χ0n) is 13.1. The van der Waals surface area contributed by atoms with Crippen molar-refractivity contribution in [3.05, 3.63) is 35.1 Å². The fourth-order valence-electron chi connectivity index (χ4n) is 2.71. The van der Waals surface area contributed by atoms with Crippen molar-refractivity contribution in [3.63, 3.8) is 0 Å². The zero-order valence-corrected chi connectivity index (χ0v) is 13.1. The van der Waals surface area contributed by atoms with Crippen molar-refractivity contribution in [1.29, 1.82) is 0 Å². The highest BCUT2D eigenvalue weighted by Crippen LogP contribution is 2.23. The van der Waals surface area contributed by atoms with E-state index in [0.29, 0.717) is 19.7 Å². The maximum absolute atomic E-state index is 13.8. The Morgan fingerprint density at radius 1 is 1.55 bits per heavy atom. The number of halogens is 1. The molecule has 1 fully saturated rings. The summed E-state index contributed by atoms with van der Waals surface area (Å²) in [6.45, 7) is 4.65. The third-order valence-corrected chi connectivity index (χ3v) is 3.59. The minimum absolute atomic E-state index is 0.177. The molecule has 0 bridgehead atoms. The standard InChI is InChI=1S/C16H22FNO4/c1-16(2)10-18(7-13(22-16)9-21-3)15(20)11-4-5-12(8-19)14(17)6-11/h4-6,13,19H,7-10H2,1-3H3/t13-/m1/s1. The smallest absolute Gasteiger partial charge is 0.254 e. The minimum atomic E-state index is -0.575. The highest BCUT2D eigenvalue weighted by atomic mass is 19.1. The van der Waals surface area contributed by atoms with Gasteiger partial charge in [0.25, 0.3) is 5.91 Å². The largest absolute Gasteiger partial charge is 0.392 e. The lowest BCUT2D eigenvalue weighted by Gasteiger charge is -2.42. The molecule has 1 atom stereocenters. The van der Waals surface area contributed by atoms with Crippen LogP contribution < -0.4 is 0 Å². The number of methoxy groups -OCH3 is 1. The summed E-state index contributed by atoms with van der Waals surface area (Å²) in [6.07, 6.45) is -0.209. The summed E-state index contributed by atoms with van der Waals surface area (Å²) in [6, 6.07) is 4.13. The monoisotopic (exact) mass is 311 g/mol. The van der Waals surface area contributed by atoms with E-state index < -0.39 is 11.4 Å². The number of hydrogen-bond acceptors (Lipinski definition) is 4. The van der Waals surface area contributed by atoms with Crippen LogP contribution in [0.1, 0.15) is 29.8 Å². The van der Waals surface area contributed by atoms with Gasteiger partial charge in [-0.25, -0.2) is 4.39 Å². The van der Waals surface area contributed by atoms with E-state index in [-0.39, 0.29) is 29.7 Å². The first-order chi connectivity index (χ1) is 10.4. The third-order valence-electron chi connectivity index (χ3n) is 3.59. The first kappa shape index (κ1) is 16.9. The molecule has 0 radical (unpaired) electrons. The number of amides is 1. The first-order valence-electron chi connectivity index (χ1n) is 7.21. The average molecular weight is 311 g/mol. The van der Waals surface area contributed by atoms with E-state index in [1.807, 2.05) is 13.8 Å². The number of benzene rings is 1. The molecule has 1 aromatic carbocycles. The fourth-order valence-corrected chi connectivity index (χ4v) is 2.71. The molecule has 0 aromatic heterocycles. The van der Waals surface area contributed by atoms with Crippen molar-refractivity contribution < 1.29 is 23.8 Å². The van der Waals surface area contributed by atoms with Crippen molar-refractivity contribution in [3.8, 4) is 0 Å². The number of rotatable bonds is 4. The van der Waals surface area contributed by atoms with Gasteiger partial charge in [-0.1, -0.05) is 6.07 Å². The number of morpholine rings is 1. The number of hydrogen-bond donors (Lipinski definition) is 1. The summed E-state index contributed by atoms with van der Waals surface area (Å²) in [5, 5.41) is 8.99. The molecule has 0 saturated carbocycles. The molecule has 122 valence electrons. The van der Waals surface area contributed by atoms with Gasteiger partial charge in [0.15, 0.2) is 0 Å². The average Bonchev–Trinajstić information content (AvgIpc) is 2.45. The van der Waals surface area contributed by atoms with Gasteiger partial charge in [0.2, 0.25) is 0 Å². The second-order valence-corrected chi connectivity index (χ2v) is 6.10. The number of nitrogens with zero attached hydrogens (tertiary/aromatic N) is 1. The topological polar surface area (TPSA) is 59.0 Å². The maximum Gasteiger partial charge on any atom is 0.254 e. The molecule has 5 nitrogen and oxygen atoms in total. The molecule has 1 saturated heterocycles. The van der Waals surface area contributed by atoms with Crippen LogP contribution in [0, 0.1) is 5.82 Å². The van der Waals surface area contributed by atoms with E-state index in [9.17, 15) is 9.18 Å². The molecule has 1 N–H and O–H groups in total. The van der Waals surface area contributed by atoms with Crippen LogP contribution in [0.5, 0.6) is 0 Å². The van der Waals surface area contributed by atoms with E-state index in [1.54, 1.807) is 12.0 Å². The summed E-state index contributed by atoms with van der Waals surface area (Å²) < 4.78 is 24.7. The third kappa shape index (κ3) is 3.82. The predicted molar refractivity (Wildman–Crippen MR) is 79.1 cm³/mol. The van der Waals surface area contributed by atoms with Gasteiger partial charge in [0.1, 0.15) is 5.82 Å². The van der Waals surface area contributed by atoms with Gasteiger partial charge in [0, 0.05) is 31.3 Å². The van der Waals surface area contributed by atoms with E-state index in [0.717, 1.165) is 0 Å². The Kier molecular flexibility index (Phi) is 5.16. The van der Waals surface area contributed by atoms with E-state index in [4.69, 9.17) is 14.6 Å². The van der Waals surface area contributed by atoms with Gasteiger partial charge in [-0.05, 0) is 26.0 Å². The normalized spacial score (nSPS) is 21.0. The Morgan fingerprint density at radius 2 is 2.27 bits per heavy atom. The number of carbonyl (C=O) groups excluding carboxylic acids is 1. The van der Waals surface area contributed by atoms with Crippen LogP contribution in [-0.2, 0) is 16.1 Å². The highest BCUT2D eigenvalue weighted by molar-refractivity contribution is 5.94. The number of aliphatic hydroxyl groups is 1. The summed E-state index contributed by atoms with van der Waals surface area (Å²) >= 11 is 0. The fraction of sp³-hybridized carbons (Fsp3) is 0.562. The van der Waals surface area contributed by atoms with Gasteiger partial charge >= 0.3 is 0 Å². The van der Waals surface area contributed by atoms with Crippen molar-refractivity contribution in [2.24, 2.45) is 0 Å². The Morgan fingerprint density at radius 3 is 2.86 bits per heavy atom. The number of ether oxygens (including phenoxy) is 2. The van der Waals surface area contributed by atoms with E-state index >= 15 is 0 Å². The van der Waals surface area contributed by atoms with Gasteiger partial charge in [0.05, 0.1) is 24.9 Å². The molecule has 2 rings (SSSR count). The maximum atomic E-state index is 13.8. The summed E-state index contributed by atoms with van der Waals surface area (Å²) in [7, 11) is 1.58. The van der Waals surface area contributed by atoms with Crippen LogP contribution in [0.25, 0.3) is 0 Å². The van der Waals surface area contributed by atoms with Crippen LogP contribution >= 0.6 is 0 Å². The molecule has 0 unspecified atom stereocenters. The molecule has 1 aliphatic heterocycles. The summed E-state index contributed by atoms with van der Waals surface area (Å²) in [5.41, 5.74) is -0.0413. The number of aliphatic hydroxyl groups excluding tert-OH is 1. The Bertz CT molecular complexity index is 547. The summed E-state index contributed by atoms with van der Waals surface area (Å²) in [4.78, 5) is 14.2. The van der Waals surface area contributed by atoms with E-state index in [1.165, 1.54) is 18.2 Å². The van der Waals surface area contributed by atoms with Gasteiger partial charge < -0.3 is 19.5 Å². The predicted octanol–water partition coefficient (Wildman–Crippen LogP) is 1.58. The quantitative estimate of drug-likeness (QED) is 0.917. The zero-order chi connectivity index (χ0) is 16.3. The molecule has 6 heteroatoms. The van der Waals surface area contributed by atoms with Gasteiger partial charge in [-0.15, -0.1) is 0 Å². The number of carbonyl (C=O) groups is 1. The second kappa shape index (κ2) is 6.73. The Hall–Kier alpha value is -1.50. The van der Waals surface area contributed by atoms with Gasteiger partial charge in [-0.3, -0.25) is 4.79 Å². The van der Waals surface area contributed by atoms with Crippen molar-refractivity contribution in [2.75, 3.05) is 26.8 Å². The molecular formula is C16H22FNO4. The van der Waals surface area contributed by atoms with Crippen LogP contribution in [0.4, 0.5) is 4.39 Å². The van der Waals surface area contributed by atoms with Crippen LogP contribution in [0.15, 0.2) is 18.2 Å². The second-order valence-electron chi connectivity index (χ2n) is 6.10. The van der Waals surface area contributed by atoms with Crippen LogP contribution in [-0.4, -0.2) is 54.4 Å². The molecule has 22 heavy (non-hydrogen) atoms. The molecule has 0 aliphatic carbocycles. The van der Waals surface area contributed by atoms with Crippen molar-refractivity contribution in [2.45, 2.75) is 32.2 Å². The Labute approximate surface area is 129 Å². The highest BCUT2D eigenvalue weighted by Gasteiger charge is 2.36. The first-order valence-corrected chi connectivity index (χ1v) is 7.21. The van der Waals surface area contributed by atoms with Crippen molar-refractivity contribution in [1.82, 2.24) is 4.90 Å². The Balaban J connectivity index is 2.18. The SMILES string of the molecule is COC[C@H]1CN(C(=O)c2ccc(CO)c(F)c2)CC(C)(C)O1. The van der Waals surface area contributed by atoms with Crippen LogP contribution in [0.3, 0.4) is 0 Å². The lowest BCUT2D eigenvalue weighted by atomic mass is 10.0. The van der Waals surface area contributed by atoms with Crippen molar-refractivity contribution >= 4 is 5.91 Å². The lowest BCUT2D eigenvalue weighted by Crippen LogP contribution is -2.55. The summed E-state index contributed by atoms with van der Waals surface area (Å²) in [5.74, 6) is -0.824. The molecule has 1 aromatic rings. The van der Waals surface area contributed by atoms with E-state index in [2.05, 4.69) is 0 Å². The lowest BCUT2D eigenvalue weighted by molar-refractivity contribution is -0.143. The molecule has 1 aliphatic rings. The molecular weight excluding hydrogens is 289 g/mol. The molecule has 1 heterocycles. The van der Waals surface area contributed by atoms with Gasteiger partial charge in [-0.2, -0.15) is 0 Å². The molecule has 0 spiro atoms.